The van der Waals surface area contributed by atoms with Crippen molar-refractivity contribution in [3.05, 3.63) is 91.6 Å². The van der Waals surface area contributed by atoms with Gasteiger partial charge >= 0.3 is 0 Å². The minimum Gasteiger partial charge on any atom is -0.489 e. The lowest BCUT2D eigenvalue weighted by molar-refractivity contribution is 0.305. The second kappa shape index (κ2) is 8.80. The molecule has 0 bridgehead atoms. The van der Waals surface area contributed by atoms with Crippen LogP contribution in [0.15, 0.2) is 74.6 Å². The summed E-state index contributed by atoms with van der Waals surface area (Å²) < 4.78 is 21.0. The number of nitrogens with zero attached hydrogens (tertiary/aromatic N) is 1. The molecule has 6 heteroatoms. The second-order valence-electron chi connectivity index (χ2n) is 5.45. The molecule has 0 radical (unpaired) electrons. The molecule has 0 fully saturated rings. The van der Waals surface area contributed by atoms with Crippen molar-refractivity contribution in [3.8, 4) is 5.75 Å². The highest BCUT2D eigenvalue weighted by Gasteiger charge is 2.02. The number of halogens is 4. The maximum atomic E-state index is 13.1. The Labute approximate surface area is 172 Å². The molecule has 0 heterocycles. The van der Waals surface area contributed by atoms with Crippen LogP contribution in [0.4, 0.5) is 10.1 Å². The molecular weight excluding hydrogens is 484 g/mol. The lowest BCUT2D eigenvalue weighted by Gasteiger charge is -2.08. The molecule has 0 saturated heterocycles. The van der Waals surface area contributed by atoms with Gasteiger partial charge in [-0.15, -0.1) is 0 Å². The van der Waals surface area contributed by atoms with E-state index in [9.17, 15) is 4.39 Å². The highest BCUT2D eigenvalue weighted by atomic mass is 79.9. The molecule has 26 heavy (non-hydrogen) atoms. The fourth-order valence-electron chi connectivity index (χ4n) is 2.16. The van der Waals surface area contributed by atoms with Crippen LogP contribution in [0.3, 0.4) is 0 Å². The molecule has 3 aromatic carbocycles. The van der Waals surface area contributed by atoms with Crippen LogP contribution in [0.5, 0.6) is 5.75 Å². The van der Waals surface area contributed by atoms with Crippen molar-refractivity contribution in [1.29, 1.82) is 0 Å². The first-order valence-corrected chi connectivity index (χ1v) is 9.63. The zero-order chi connectivity index (χ0) is 18.5. The molecule has 2 nitrogen and oxygen atoms in total. The van der Waals surface area contributed by atoms with E-state index in [2.05, 4.69) is 36.9 Å². The van der Waals surface area contributed by atoms with Crippen LogP contribution in [0.1, 0.15) is 11.1 Å². The summed E-state index contributed by atoms with van der Waals surface area (Å²) in [4.78, 5) is 4.29. The first-order chi connectivity index (χ1) is 12.5. The Bertz CT molecular complexity index is 945. The van der Waals surface area contributed by atoms with Gasteiger partial charge in [-0.25, -0.2) is 4.39 Å². The quantitative estimate of drug-likeness (QED) is 0.338. The molecule has 3 aromatic rings. The van der Waals surface area contributed by atoms with Gasteiger partial charge in [0.2, 0.25) is 0 Å². The summed E-state index contributed by atoms with van der Waals surface area (Å²) in [5.41, 5.74) is 2.56. The van der Waals surface area contributed by atoms with Crippen LogP contribution in [-0.4, -0.2) is 6.21 Å². The van der Waals surface area contributed by atoms with Gasteiger partial charge < -0.3 is 4.74 Å². The molecular formula is C20H13Br2ClFNO. The molecule has 132 valence electrons. The zero-order valence-corrected chi connectivity index (χ0v) is 17.4. The number of aliphatic imine (C=N–C) groups is 1. The smallest absolute Gasteiger partial charge is 0.141 e. The Morgan fingerprint density at radius 3 is 2.46 bits per heavy atom. The van der Waals surface area contributed by atoms with Gasteiger partial charge in [-0.3, -0.25) is 4.99 Å². The van der Waals surface area contributed by atoms with Crippen molar-refractivity contribution in [1.82, 2.24) is 0 Å². The molecule has 0 atom stereocenters. The van der Waals surface area contributed by atoms with Crippen molar-refractivity contribution in [3.63, 3.8) is 0 Å². The van der Waals surface area contributed by atoms with Crippen molar-refractivity contribution in [2.45, 2.75) is 6.61 Å². The monoisotopic (exact) mass is 495 g/mol. The lowest BCUT2D eigenvalue weighted by Crippen LogP contribution is -1.96. The summed E-state index contributed by atoms with van der Waals surface area (Å²) in [6, 6.07) is 17.9. The van der Waals surface area contributed by atoms with E-state index < -0.39 is 5.82 Å². The molecule has 0 unspecified atom stereocenters. The van der Waals surface area contributed by atoms with Crippen LogP contribution >= 0.6 is 43.5 Å². The predicted octanol–water partition coefficient (Wildman–Crippen LogP) is 7.33. The Hall–Kier alpha value is -1.69. The summed E-state index contributed by atoms with van der Waals surface area (Å²) in [7, 11) is 0. The average molecular weight is 498 g/mol. The summed E-state index contributed by atoms with van der Waals surface area (Å²) in [6.45, 7) is 0.468. The van der Waals surface area contributed by atoms with Crippen LogP contribution in [0, 0.1) is 5.82 Å². The van der Waals surface area contributed by atoms with Gasteiger partial charge in [0.1, 0.15) is 18.2 Å². The van der Waals surface area contributed by atoms with Gasteiger partial charge in [0.25, 0.3) is 0 Å². The van der Waals surface area contributed by atoms with Gasteiger partial charge in [-0.1, -0.05) is 49.5 Å². The predicted molar refractivity (Wildman–Crippen MR) is 111 cm³/mol. The van der Waals surface area contributed by atoms with Crippen molar-refractivity contribution >= 4 is 55.4 Å². The third kappa shape index (κ3) is 5.16. The number of hydrogen-bond donors (Lipinski definition) is 0. The van der Waals surface area contributed by atoms with E-state index in [1.165, 1.54) is 12.1 Å². The SMILES string of the molecule is Fc1ccc(N=Cc2ccc(OCc3ccc(Br)cc3Br)cc2)cc1Cl. The van der Waals surface area contributed by atoms with Crippen molar-refractivity contribution < 1.29 is 9.13 Å². The topological polar surface area (TPSA) is 21.6 Å². The summed E-state index contributed by atoms with van der Waals surface area (Å²) in [5, 5.41) is 0.0579. The van der Waals surface area contributed by atoms with E-state index in [0.29, 0.717) is 12.3 Å². The van der Waals surface area contributed by atoms with Gasteiger partial charge in [-0.2, -0.15) is 0 Å². The number of ether oxygens (including phenoxy) is 1. The van der Waals surface area contributed by atoms with Crippen LogP contribution in [-0.2, 0) is 6.61 Å². The van der Waals surface area contributed by atoms with Gasteiger partial charge in [0.05, 0.1) is 10.7 Å². The first-order valence-electron chi connectivity index (χ1n) is 7.67. The number of benzene rings is 3. The number of hydrogen-bond acceptors (Lipinski definition) is 2. The molecule has 0 amide bonds. The molecule has 0 N–H and O–H groups in total. The maximum absolute atomic E-state index is 13.1. The normalized spacial score (nSPS) is 11.1. The Morgan fingerprint density at radius 1 is 1.00 bits per heavy atom. The fourth-order valence-corrected chi connectivity index (χ4v) is 3.50. The third-order valence-corrected chi connectivity index (χ3v) is 5.08. The van der Waals surface area contributed by atoms with E-state index in [-0.39, 0.29) is 5.02 Å². The Balaban J connectivity index is 1.62. The molecule has 0 aliphatic heterocycles. The zero-order valence-electron chi connectivity index (χ0n) is 13.4. The van der Waals surface area contributed by atoms with Gasteiger partial charge in [0, 0.05) is 20.7 Å². The Kier molecular flexibility index (Phi) is 6.46. The summed E-state index contributed by atoms with van der Waals surface area (Å²) in [5.74, 6) is 0.311. The van der Waals surface area contributed by atoms with Gasteiger partial charge in [-0.05, 0) is 60.2 Å². The van der Waals surface area contributed by atoms with Gasteiger partial charge in [0.15, 0.2) is 0 Å². The third-order valence-electron chi connectivity index (χ3n) is 3.56. The molecule has 0 aliphatic rings. The van der Waals surface area contributed by atoms with Crippen molar-refractivity contribution in [2.75, 3.05) is 0 Å². The summed E-state index contributed by atoms with van der Waals surface area (Å²) >= 11 is 12.7. The van der Waals surface area contributed by atoms with E-state index >= 15 is 0 Å². The largest absolute Gasteiger partial charge is 0.489 e. The first kappa shape index (κ1) is 19.1. The van der Waals surface area contributed by atoms with Crippen molar-refractivity contribution in [2.24, 2.45) is 4.99 Å². The minimum atomic E-state index is -0.454. The Morgan fingerprint density at radius 2 is 1.77 bits per heavy atom. The highest BCUT2D eigenvalue weighted by Crippen LogP contribution is 2.24. The van der Waals surface area contributed by atoms with Crippen LogP contribution in [0.25, 0.3) is 0 Å². The maximum Gasteiger partial charge on any atom is 0.141 e. The minimum absolute atomic E-state index is 0.0579. The fraction of sp³-hybridized carbons (Fsp3) is 0.0500. The molecule has 3 rings (SSSR count). The number of rotatable bonds is 5. The lowest BCUT2D eigenvalue weighted by atomic mass is 10.2. The second-order valence-corrected chi connectivity index (χ2v) is 7.63. The molecule has 0 saturated carbocycles. The van der Waals surface area contributed by atoms with Crippen LogP contribution in [0.2, 0.25) is 5.02 Å². The van der Waals surface area contributed by atoms with E-state index in [4.69, 9.17) is 16.3 Å². The van der Waals surface area contributed by atoms with E-state index in [1.807, 2.05) is 42.5 Å². The average Bonchev–Trinajstić information content (AvgIpc) is 2.63. The van der Waals surface area contributed by atoms with Crippen LogP contribution < -0.4 is 4.74 Å². The van der Waals surface area contributed by atoms with E-state index in [1.54, 1.807) is 12.3 Å². The molecule has 0 aliphatic carbocycles. The molecule has 0 aromatic heterocycles. The standard InChI is InChI=1S/C20H13Br2ClFNO/c21-15-4-3-14(18(22)9-15)12-26-17-6-1-13(2-7-17)11-25-16-5-8-20(24)19(23)10-16/h1-11H,12H2. The molecule has 0 spiro atoms. The summed E-state index contributed by atoms with van der Waals surface area (Å²) in [6.07, 6.45) is 1.69. The highest BCUT2D eigenvalue weighted by molar-refractivity contribution is 9.11. The van der Waals surface area contributed by atoms with E-state index in [0.717, 1.165) is 25.8 Å².